The topological polar surface area (TPSA) is 63.2 Å². The number of carbonyl (C=O) groups is 1. The van der Waals surface area contributed by atoms with Crippen molar-refractivity contribution in [2.75, 3.05) is 5.32 Å². The molecule has 2 aromatic rings. The molecule has 1 N–H and O–H groups in total. The summed E-state index contributed by atoms with van der Waals surface area (Å²) in [7, 11) is -3.69. The predicted molar refractivity (Wildman–Crippen MR) is 90.1 cm³/mol. The van der Waals surface area contributed by atoms with Crippen LogP contribution in [0, 0.1) is 13.8 Å². The van der Waals surface area contributed by atoms with Gasteiger partial charge in [0.15, 0.2) is 14.6 Å². The van der Waals surface area contributed by atoms with Gasteiger partial charge in [0.25, 0.3) is 0 Å². The van der Waals surface area contributed by atoms with Crippen LogP contribution in [-0.4, -0.2) is 19.1 Å². The standard InChI is InChI=1S/C18H19NO3S/c1-13-7-9-15(10-8-13)23(21,22)18(11-12-18)17(20)19-16-6-4-3-5-14(16)2/h3-10H,11-12H2,1-2H3,(H,19,20). The van der Waals surface area contributed by atoms with E-state index in [4.69, 9.17) is 0 Å². The molecule has 23 heavy (non-hydrogen) atoms. The van der Waals surface area contributed by atoms with Crippen LogP contribution in [0.4, 0.5) is 5.69 Å². The molecule has 1 saturated carbocycles. The zero-order valence-corrected chi connectivity index (χ0v) is 14.0. The van der Waals surface area contributed by atoms with Crippen molar-refractivity contribution in [3.63, 3.8) is 0 Å². The molecule has 1 aliphatic carbocycles. The number of benzene rings is 2. The maximum Gasteiger partial charge on any atom is 0.246 e. The van der Waals surface area contributed by atoms with Gasteiger partial charge >= 0.3 is 0 Å². The number of hydrogen-bond acceptors (Lipinski definition) is 3. The first-order chi connectivity index (χ1) is 10.9. The third-order valence-electron chi connectivity index (χ3n) is 4.36. The zero-order chi connectivity index (χ0) is 16.7. The molecule has 0 bridgehead atoms. The minimum absolute atomic E-state index is 0.209. The Morgan fingerprint density at radius 1 is 1.00 bits per heavy atom. The van der Waals surface area contributed by atoms with Crippen molar-refractivity contribution < 1.29 is 13.2 Å². The second-order valence-electron chi connectivity index (χ2n) is 6.08. The molecular formula is C18H19NO3S. The highest BCUT2D eigenvalue weighted by atomic mass is 32.2. The summed E-state index contributed by atoms with van der Waals surface area (Å²) in [6.07, 6.45) is 0.724. The summed E-state index contributed by atoms with van der Waals surface area (Å²) in [5, 5.41) is 2.78. The van der Waals surface area contributed by atoms with Crippen molar-refractivity contribution in [3.05, 3.63) is 59.7 Å². The van der Waals surface area contributed by atoms with E-state index in [0.29, 0.717) is 18.5 Å². The van der Waals surface area contributed by atoms with Crippen LogP contribution in [0.1, 0.15) is 24.0 Å². The van der Waals surface area contributed by atoms with Crippen LogP contribution in [0.5, 0.6) is 0 Å². The van der Waals surface area contributed by atoms with Crippen LogP contribution in [0.2, 0.25) is 0 Å². The van der Waals surface area contributed by atoms with E-state index in [0.717, 1.165) is 11.1 Å². The fourth-order valence-corrected chi connectivity index (χ4v) is 4.50. The van der Waals surface area contributed by atoms with Crippen molar-refractivity contribution in [2.45, 2.75) is 36.3 Å². The minimum Gasteiger partial charge on any atom is -0.324 e. The van der Waals surface area contributed by atoms with Crippen LogP contribution in [0.25, 0.3) is 0 Å². The molecule has 0 radical (unpaired) electrons. The molecule has 2 aromatic carbocycles. The lowest BCUT2D eigenvalue weighted by Crippen LogP contribution is -2.37. The van der Waals surface area contributed by atoms with Gasteiger partial charge in [0, 0.05) is 5.69 Å². The highest BCUT2D eigenvalue weighted by molar-refractivity contribution is 7.94. The highest BCUT2D eigenvalue weighted by Gasteiger charge is 2.61. The van der Waals surface area contributed by atoms with Crippen LogP contribution in [0.3, 0.4) is 0 Å². The number of carbonyl (C=O) groups excluding carboxylic acids is 1. The second kappa shape index (κ2) is 5.49. The van der Waals surface area contributed by atoms with E-state index < -0.39 is 20.5 Å². The normalized spacial score (nSPS) is 15.9. The first-order valence-electron chi connectivity index (χ1n) is 7.55. The van der Waals surface area contributed by atoms with Gasteiger partial charge < -0.3 is 5.32 Å². The fraction of sp³-hybridized carbons (Fsp3) is 0.278. The smallest absolute Gasteiger partial charge is 0.246 e. The summed E-state index contributed by atoms with van der Waals surface area (Å²) in [5.41, 5.74) is 2.55. The van der Waals surface area contributed by atoms with E-state index in [1.54, 1.807) is 30.3 Å². The van der Waals surface area contributed by atoms with E-state index in [9.17, 15) is 13.2 Å². The Bertz CT molecular complexity index is 850. The third kappa shape index (κ3) is 2.65. The lowest BCUT2D eigenvalue weighted by atomic mass is 10.2. The number of nitrogens with one attached hydrogen (secondary N) is 1. The minimum atomic E-state index is -3.69. The molecule has 1 fully saturated rings. The van der Waals surface area contributed by atoms with Crippen molar-refractivity contribution in [3.8, 4) is 0 Å². The van der Waals surface area contributed by atoms with Gasteiger partial charge in [-0.1, -0.05) is 35.9 Å². The lowest BCUT2D eigenvalue weighted by Gasteiger charge is -2.17. The van der Waals surface area contributed by atoms with Crippen LogP contribution in [-0.2, 0) is 14.6 Å². The summed E-state index contributed by atoms with van der Waals surface area (Å²) in [6, 6.07) is 14.0. The predicted octanol–water partition coefficient (Wildman–Crippen LogP) is 3.25. The lowest BCUT2D eigenvalue weighted by molar-refractivity contribution is -0.116. The van der Waals surface area contributed by atoms with E-state index >= 15 is 0 Å². The number of amides is 1. The molecule has 0 atom stereocenters. The van der Waals surface area contributed by atoms with E-state index in [1.807, 2.05) is 32.0 Å². The van der Waals surface area contributed by atoms with E-state index in [-0.39, 0.29) is 4.90 Å². The SMILES string of the molecule is Cc1ccc(S(=O)(=O)C2(C(=O)Nc3ccccc3C)CC2)cc1. The van der Waals surface area contributed by atoms with Crippen LogP contribution >= 0.6 is 0 Å². The molecule has 0 aromatic heterocycles. The van der Waals surface area contributed by atoms with Crippen LogP contribution < -0.4 is 5.32 Å². The Hall–Kier alpha value is -2.14. The van der Waals surface area contributed by atoms with Gasteiger partial charge in [0.05, 0.1) is 4.90 Å². The molecular weight excluding hydrogens is 310 g/mol. The van der Waals surface area contributed by atoms with Gasteiger partial charge in [-0.25, -0.2) is 8.42 Å². The largest absolute Gasteiger partial charge is 0.324 e. The van der Waals surface area contributed by atoms with Crippen molar-refractivity contribution >= 4 is 21.4 Å². The van der Waals surface area contributed by atoms with Crippen molar-refractivity contribution in [1.82, 2.24) is 0 Å². The Morgan fingerprint density at radius 2 is 1.61 bits per heavy atom. The number of para-hydroxylation sites is 1. The Labute approximate surface area is 136 Å². The molecule has 120 valence electrons. The summed E-state index contributed by atoms with van der Waals surface area (Å²) in [6.45, 7) is 3.78. The number of aryl methyl sites for hydroxylation is 2. The van der Waals surface area contributed by atoms with Gasteiger partial charge in [0.1, 0.15) is 0 Å². The maximum atomic E-state index is 12.9. The molecule has 0 heterocycles. The second-order valence-corrected chi connectivity index (χ2v) is 8.34. The van der Waals surface area contributed by atoms with Gasteiger partial charge in [0.2, 0.25) is 5.91 Å². The molecule has 4 nitrogen and oxygen atoms in total. The third-order valence-corrected chi connectivity index (χ3v) is 6.87. The average Bonchev–Trinajstić information content (AvgIpc) is 3.32. The molecule has 0 aliphatic heterocycles. The first-order valence-corrected chi connectivity index (χ1v) is 9.03. The number of sulfone groups is 1. The quantitative estimate of drug-likeness (QED) is 0.936. The van der Waals surface area contributed by atoms with Gasteiger partial charge in [-0.05, 0) is 50.5 Å². The average molecular weight is 329 g/mol. The van der Waals surface area contributed by atoms with Crippen molar-refractivity contribution in [2.24, 2.45) is 0 Å². The number of rotatable bonds is 4. The van der Waals surface area contributed by atoms with E-state index in [2.05, 4.69) is 5.32 Å². The molecule has 0 unspecified atom stereocenters. The molecule has 5 heteroatoms. The van der Waals surface area contributed by atoms with Crippen LogP contribution in [0.15, 0.2) is 53.4 Å². The number of anilines is 1. The van der Waals surface area contributed by atoms with Gasteiger partial charge in [-0.3, -0.25) is 4.79 Å². The molecule has 1 aliphatic rings. The Morgan fingerprint density at radius 3 is 2.17 bits per heavy atom. The summed E-state index contributed by atoms with van der Waals surface area (Å²) in [5.74, 6) is -0.438. The van der Waals surface area contributed by atoms with Crippen molar-refractivity contribution in [1.29, 1.82) is 0 Å². The summed E-state index contributed by atoms with van der Waals surface area (Å²) in [4.78, 5) is 12.9. The molecule has 3 rings (SSSR count). The molecule has 0 saturated heterocycles. The zero-order valence-electron chi connectivity index (χ0n) is 13.2. The number of hydrogen-bond donors (Lipinski definition) is 1. The molecule has 1 amide bonds. The van der Waals surface area contributed by atoms with Gasteiger partial charge in [-0.2, -0.15) is 0 Å². The maximum absolute atomic E-state index is 12.9. The first kappa shape index (κ1) is 15.7. The monoisotopic (exact) mass is 329 g/mol. The Balaban J connectivity index is 1.91. The van der Waals surface area contributed by atoms with Gasteiger partial charge in [-0.15, -0.1) is 0 Å². The highest BCUT2D eigenvalue weighted by Crippen LogP contribution is 2.47. The van der Waals surface area contributed by atoms with E-state index in [1.165, 1.54) is 0 Å². The summed E-state index contributed by atoms with van der Waals surface area (Å²) < 4.78 is 24.4. The Kier molecular flexibility index (Phi) is 3.76. The molecule has 0 spiro atoms. The fourth-order valence-electron chi connectivity index (χ4n) is 2.62. The summed E-state index contributed by atoms with van der Waals surface area (Å²) >= 11 is 0.